The lowest BCUT2D eigenvalue weighted by Gasteiger charge is -2.19. The van der Waals surface area contributed by atoms with Crippen LogP contribution in [-0.2, 0) is 28.5 Å². The van der Waals surface area contributed by atoms with Crippen LogP contribution in [-0.4, -0.2) is 50.6 Å². The molecule has 26 heavy (non-hydrogen) atoms. The molecule has 0 aliphatic carbocycles. The standard InChI is InChI=1S/C20H38O6/c1-15(23-5)17(3)25-19(21)13-11-9-7-8-10-12-14-20(22)26-18(4)16(2)24-6/h15-18H,7-14H2,1-6H3. The Bertz CT molecular complexity index is 348. The predicted molar refractivity (Wildman–Crippen MR) is 101 cm³/mol. The second-order valence-corrected chi connectivity index (χ2v) is 6.89. The van der Waals surface area contributed by atoms with Gasteiger partial charge in [-0.25, -0.2) is 0 Å². The molecular weight excluding hydrogens is 336 g/mol. The molecule has 0 saturated heterocycles. The maximum Gasteiger partial charge on any atom is 0.306 e. The van der Waals surface area contributed by atoms with Gasteiger partial charge in [0.05, 0.1) is 12.2 Å². The van der Waals surface area contributed by atoms with Crippen LogP contribution in [0.25, 0.3) is 0 Å². The summed E-state index contributed by atoms with van der Waals surface area (Å²) in [6.45, 7) is 7.45. The molecule has 0 aliphatic rings. The Balaban J connectivity index is 3.56. The van der Waals surface area contributed by atoms with Gasteiger partial charge in [0.15, 0.2) is 0 Å². The van der Waals surface area contributed by atoms with Gasteiger partial charge in [0.2, 0.25) is 0 Å². The largest absolute Gasteiger partial charge is 0.460 e. The van der Waals surface area contributed by atoms with Crippen molar-refractivity contribution in [2.24, 2.45) is 0 Å². The Morgan fingerprint density at radius 3 is 1.19 bits per heavy atom. The zero-order chi connectivity index (χ0) is 19.9. The van der Waals surface area contributed by atoms with Gasteiger partial charge < -0.3 is 18.9 Å². The number of esters is 2. The number of unbranched alkanes of at least 4 members (excludes halogenated alkanes) is 5. The molecule has 0 amide bonds. The zero-order valence-electron chi connectivity index (χ0n) is 17.4. The van der Waals surface area contributed by atoms with Gasteiger partial charge in [0.1, 0.15) is 12.2 Å². The molecule has 4 unspecified atom stereocenters. The van der Waals surface area contributed by atoms with Gasteiger partial charge in [-0.3, -0.25) is 9.59 Å². The molecule has 0 N–H and O–H groups in total. The summed E-state index contributed by atoms with van der Waals surface area (Å²) in [4.78, 5) is 23.4. The lowest BCUT2D eigenvalue weighted by molar-refractivity contribution is -0.155. The number of hydrogen-bond acceptors (Lipinski definition) is 6. The monoisotopic (exact) mass is 374 g/mol. The average molecular weight is 375 g/mol. The van der Waals surface area contributed by atoms with Crippen LogP contribution in [0.5, 0.6) is 0 Å². The molecule has 0 fully saturated rings. The van der Waals surface area contributed by atoms with E-state index in [2.05, 4.69) is 0 Å². The van der Waals surface area contributed by atoms with Crippen LogP contribution >= 0.6 is 0 Å². The van der Waals surface area contributed by atoms with Crippen LogP contribution in [0.3, 0.4) is 0 Å². The van der Waals surface area contributed by atoms with Crippen molar-refractivity contribution in [2.75, 3.05) is 14.2 Å². The minimum atomic E-state index is -0.221. The number of ether oxygens (including phenoxy) is 4. The smallest absolute Gasteiger partial charge is 0.306 e. The predicted octanol–water partition coefficient (Wildman–Crippen LogP) is 4.04. The second-order valence-electron chi connectivity index (χ2n) is 6.89. The summed E-state index contributed by atoms with van der Waals surface area (Å²) in [5.41, 5.74) is 0. The van der Waals surface area contributed by atoms with E-state index in [9.17, 15) is 9.59 Å². The summed E-state index contributed by atoms with van der Waals surface area (Å²) in [5.74, 6) is -0.327. The molecule has 6 nitrogen and oxygen atoms in total. The summed E-state index contributed by atoms with van der Waals surface area (Å²) in [6, 6.07) is 0. The molecule has 0 aromatic rings. The molecule has 0 aromatic heterocycles. The summed E-state index contributed by atoms with van der Waals surface area (Å²) in [5, 5.41) is 0. The maximum atomic E-state index is 11.7. The van der Waals surface area contributed by atoms with Crippen molar-refractivity contribution >= 4 is 11.9 Å². The number of hydrogen-bond donors (Lipinski definition) is 0. The van der Waals surface area contributed by atoms with Crippen molar-refractivity contribution in [3.8, 4) is 0 Å². The third-order valence-electron chi connectivity index (χ3n) is 4.71. The van der Waals surface area contributed by atoms with E-state index in [-0.39, 0.29) is 36.4 Å². The van der Waals surface area contributed by atoms with Gasteiger partial charge in [-0.2, -0.15) is 0 Å². The van der Waals surface area contributed by atoms with E-state index in [1.165, 1.54) is 0 Å². The normalized spacial score (nSPS) is 15.8. The Morgan fingerprint density at radius 2 is 0.885 bits per heavy atom. The molecule has 0 saturated carbocycles. The van der Waals surface area contributed by atoms with Crippen molar-refractivity contribution in [3.05, 3.63) is 0 Å². The van der Waals surface area contributed by atoms with Crippen LogP contribution in [0.1, 0.15) is 79.1 Å². The van der Waals surface area contributed by atoms with Crippen molar-refractivity contribution < 1.29 is 28.5 Å². The summed E-state index contributed by atoms with van der Waals surface area (Å²) in [6.07, 6.45) is 6.05. The molecule has 0 aromatic carbocycles. The summed E-state index contributed by atoms with van der Waals surface area (Å²) < 4.78 is 20.9. The van der Waals surface area contributed by atoms with E-state index in [0.717, 1.165) is 38.5 Å². The molecule has 0 spiro atoms. The van der Waals surface area contributed by atoms with Gasteiger partial charge in [-0.05, 0) is 40.5 Å². The highest BCUT2D eigenvalue weighted by molar-refractivity contribution is 5.69. The SMILES string of the molecule is COC(C)C(C)OC(=O)CCCCCCCCC(=O)OC(C)C(C)OC. The molecule has 0 bridgehead atoms. The van der Waals surface area contributed by atoms with E-state index in [0.29, 0.717) is 12.8 Å². The third-order valence-corrected chi connectivity index (χ3v) is 4.71. The second kappa shape index (κ2) is 15.0. The topological polar surface area (TPSA) is 71.1 Å². The van der Waals surface area contributed by atoms with Gasteiger partial charge in [0.25, 0.3) is 0 Å². The highest BCUT2D eigenvalue weighted by Gasteiger charge is 2.16. The van der Waals surface area contributed by atoms with Crippen LogP contribution in [0.4, 0.5) is 0 Å². The molecular formula is C20H38O6. The summed E-state index contributed by atoms with van der Waals surface area (Å²) >= 11 is 0. The number of carbonyl (C=O) groups is 2. The fourth-order valence-electron chi connectivity index (χ4n) is 2.35. The summed E-state index contributed by atoms with van der Waals surface area (Å²) in [7, 11) is 3.21. The first-order valence-electron chi connectivity index (χ1n) is 9.76. The van der Waals surface area contributed by atoms with Crippen molar-refractivity contribution in [1.29, 1.82) is 0 Å². The first-order valence-corrected chi connectivity index (χ1v) is 9.76. The quantitative estimate of drug-likeness (QED) is 0.318. The first kappa shape index (κ1) is 24.9. The van der Waals surface area contributed by atoms with Gasteiger partial charge in [-0.1, -0.05) is 25.7 Å². The molecule has 154 valence electrons. The van der Waals surface area contributed by atoms with Gasteiger partial charge >= 0.3 is 11.9 Å². The van der Waals surface area contributed by atoms with Gasteiger partial charge in [0, 0.05) is 27.1 Å². The Labute approximate surface area is 158 Å². The maximum absolute atomic E-state index is 11.7. The lowest BCUT2D eigenvalue weighted by atomic mass is 10.1. The Hall–Kier alpha value is -1.14. The number of rotatable bonds is 15. The molecule has 4 atom stereocenters. The van der Waals surface area contributed by atoms with E-state index >= 15 is 0 Å². The highest BCUT2D eigenvalue weighted by atomic mass is 16.6. The van der Waals surface area contributed by atoms with Crippen LogP contribution in [0.15, 0.2) is 0 Å². The fourth-order valence-corrected chi connectivity index (χ4v) is 2.35. The van der Waals surface area contributed by atoms with Crippen LogP contribution < -0.4 is 0 Å². The molecule has 0 aliphatic heterocycles. The van der Waals surface area contributed by atoms with Crippen LogP contribution in [0, 0.1) is 0 Å². The fraction of sp³-hybridized carbons (Fsp3) is 0.900. The minimum absolute atomic E-state index is 0.0914. The number of carbonyl (C=O) groups excluding carboxylic acids is 2. The average Bonchev–Trinajstić information content (AvgIpc) is 2.61. The molecule has 6 heteroatoms. The van der Waals surface area contributed by atoms with Crippen LogP contribution in [0.2, 0.25) is 0 Å². The van der Waals surface area contributed by atoms with Crippen molar-refractivity contribution in [3.63, 3.8) is 0 Å². The van der Waals surface area contributed by atoms with E-state index in [1.807, 2.05) is 27.7 Å². The number of methoxy groups -OCH3 is 2. The minimum Gasteiger partial charge on any atom is -0.460 e. The molecule has 0 heterocycles. The zero-order valence-corrected chi connectivity index (χ0v) is 17.4. The van der Waals surface area contributed by atoms with Crippen molar-refractivity contribution in [1.82, 2.24) is 0 Å². The molecule has 0 rings (SSSR count). The van der Waals surface area contributed by atoms with Gasteiger partial charge in [-0.15, -0.1) is 0 Å². The molecule has 0 radical (unpaired) electrons. The third kappa shape index (κ3) is 12.3. The Morgan fingerprint density at radius 1 is 0.577 bits per heavy atom. The van der Waals surface area contributed by atoms with Crippen molar-refractivity contribution in [2.45, 2.75) is 103 Å². The highest BCUT2D eigenvalue weighted by Crippen LogP contribution is 2.12. The van der Waals surface area contributed by atoms with E-state index in [4.69, 9.17) is 18.9 Å². The van der Waals surface area contributed by atoms with E-state index < -0.39 is 0 Å². The van der Waals surface area contributed by atoms with E-state index in [1.54, 1.807) is 14.2 Å². The Kier molecular flexibility index (Phi) is 14.3. The lowest BCUT2D eigenvalue weighted by Crippen LogP contribution is -2.27. The first-order chi connectivity index (χ1) is 12.3.